The van der Waals surface area contributed by atoms with Crippen LogP contribution in [0, 0.1) is 0 Å². The lowest BCUT2D eigenvalue weighted by molar-refractivity contribution is 0.121. The van der Waals surface area contributed by atoms with Gasteiger partial charge in [0.15, 0.2) is 0 Å². The molecule has 2 saturated heterocycles. The minimum Gasteiger partial charge on any atom is -0.443 e. The first-order chi connectivity index (χ1) is 8.34. The lowest BCUT2D eigenvalue weighted by Gasteiger charge is -2.28. The Morgan fingerprint density at radius 2 is 2.53 bits per heavy atom. The average molecular weight is 233 g/mol. The van der Waals surface area contributed by atoms with E-state index in [4.69, 9.17) is 4.74 Å². The lowest BCUT2D eigenvalue weighted by atomic mass is 10.0. The summed E-state index contributed by atoms with van der Waals surface area (Å²) in [4.78, 5) is 17.7. The van der Waals surface area contributed by atoms with Crippen molar-refractivity contribution in [2.24, 2.45) is 0 Å². The van der Waals surface area contributed by atoms with Crippen LogP contribution in [0.1, 0.15) is 12.0 Å². The highest BCUT2D eigenvalue weighted by molar-refractivity contribution is 5.70. The van der Waals surface area contributed by atoms with Crippen LogP contribution in [0.5, 0.6) is 0 Å². The number of piperidine rings is 1. The summed E-state index contributed by atoms with van der Waals surface area (Å²) in [7, 11) is 0. The second-order valence-electron chi connectivity index (χ2n) is 4.47. The van der Waals surface area contributed by atoms with Crippen LogP contribution >= 0.6 is 0 Å². The SMILES string of the molecule is O=C1OC2CNCCC2N1Cc1cccnc1. The second kappa shape index (κ2) is 4.33. The van der Waals surface area contributed by atoms with Gasteiger partial charge in [-0.2, -0.15) is 0 Å². The molecule has 1 aromatic rings. The highest BCUT2D eigenvalue weighted by Crippen LogP contribution is 2.25. The molecule has 17 heavy (non-hydrogen) atoms. The summed E-state index contributed by atoms with van der Waals surface area (Å²) in [6.45, 7) is 2.30. The van der Waals surface area contributed by atoms with Crippen molar-refractivity contribution in [1.29, 1.82) is 0 Å². The number of rotatable bonds is 2. The normalized spacial score (nSPS) is 27.8. The molecule has 0 radical (unpaired) electrons. The van der Waals surface area contributed by atoms with Crippen molar-refractivity contribution in [3.63, 3.8) is 0 Å². The molecule has 1 aromatic heterocycles. The van der Waals surface area contributed by atoms with Crippen LogP contribution < -0.4 is 5.32 Å². The molecule has 90 valence electrons. The predicted molar refractivity (Wildman–Crippen MR) is 61.3 cm³/mol. The van der Waals surface area contributed by atoms with E-state index in [1.54, 1.807) is 12.4 Å². The van der Waals surface area contributed by atoms with Crippen LogP contribution in [-0.2, 0) is 11.3 Å². The Morgan fingerprint density at radius 1 is 1.59 bits per heavy atom. The Hall–Kier alpha value is -1.62. The summed E-state index contributed by atoms with van der Waals surface area (Å²) in [5.41, 5.74) is 1.05. The summed E-state index contributed by atoms with van der Waals surface area (Å²) in [5, 5.41) is 3.24. The maximum Gasteiger partial charge on any atom is 0.410 e. The molecule has 2 atom stereocenters. The number of fused-ring (bicyclic) bond motifs is 1. The number of aromatic nitrogens is 1. The van der Waals surface area contributed by atoms with E-state index in [0.717, 1.165) is 25.1 Å². The monoisotopic (exact) mass is 233 g/mol. The van der Waals surface area contributed by atoms with Gasteiger partial charge >= 0.3 is 6.09 Å². The summed E-state index contributed by atoms with van der Waals surface area (Å²) < 4.78 is 5.35. The molecule has 1 amide bonds. The van der Waals surface area contributed by atoms with E-state index in [0.29, 0.717) is 6.54 Å². The van der Waals surface area contributed by atoms with E-state index < -0.39 is 0 Å². The van der Waals surface area contributed by atoms with Gasteiger partial charge in [-0.05, 0) is 24.6 Å². The molecule has 0 spiro atoms. The lowest BCUT2D eigenvalue weighted by Crippen LogP contribution is -2.47. The minimum atomic E-state index is -0.201. The van der Waals surface area contributed by atoms with Crippen molar-refractivity contribution in [2.75, 3.05) is 13.1 Å². The Morgan fingerprint density at radius 3 is 3.35 bits per heavy atom. The van der Waals surface area contributed by atoms with E-state index >= 15 is 0 Å². The second-order valence-corrected chi connectivity index (χ2v) is 4.47. The molecule has 3 rings (SSSR count). The van der Waals surface area contributed by atoms with Crippen molar-refractivity contribution in [1.82, 2.24) is 15.2 Å². The zero-order chi connectivity index (χ0) is 11.7. The van der Waals surface area contributed by atoms with Crippen molar-refractivity contribution < 1.29 is 9.53 Å². The third-order valence-electron chi connectivity index (χ3n) is 3.35. The number of hydrogen-bond donors (Lipinski definition) is 1. The topological polar surface area (TPSA) is 54.5 Å². The summed E-state index contributed by atoms with van der Waals surface area (Å²) >= 11 is 0. The van der Waals surface area contributed by atoms with Gasteiger partial charge in [0, 0.05) is 18.9 Å². The van der Waals surface area contributed by atoms with Gasteiger partial charge in [-0.3, -0.25) is 9.88 Å². The van der Waals surface area contributed by atoms with E-state index in [2.05, 4.69) is 10.3 Å². The molecule has 0 aromatic carbocycles. The number of hydrogen-bond acceptors (Lipinski definition) is 4. The third-order valence-corrected chi connectivity index (χ3v) is 3.35. The Labute approximate surface area is 99.8 Å². The summed E-state index contributed by atoms with van der Waals surface area (Å²) in [5.74, 6) is 0. The molecule has 0 aliphatic carbocycles. The number of ether oxygens (including phenoxy) is 1. The van der Waals surface area contributed by atoms with Gasteiger partial charge in [0.05, 0.1) is 12.6 Å². The zero-order valence-electron chi connectivity index (χ0n) is 9.50. The summed E-state index contributed by atoms with van der Waals surface area (Å²) in [6.07, 6.45) is 4.29. The number of amides is 1. The molecule has 0 bridgehead atoms. The Kier molecular flexibility index (Phi) is 2.68. The largest absolute Gasteiger partial charge is 0.443 e. The summed E-state index contributed by atoms with van der Waals surface area (Å²) in [6, 6.07) is 4.08. The van der Waals surface area contributed by atoms with Gasteiger partial charge in [-0.25, -0.2) is 4.79 Å². The molecule has 3 heterocycles. The number of nitrogens with zero attached hydrogens (tertiary/aromatic N) is 2. The van der Waals surface area contributed by atoms with Gasteiger partial charge in [-0.1, -0.05) is 6.07 Å². The fraction of sp³-hybridized carbons (Fsp3) is 0.500. The maximum absolute atomic E-state index is 11.8. The van der Waals surface area contributed by atoms with Gasteiger partial charge in [0.2, 0.25) is 0 Å². The molecule has 2 fully saturated rings. The first-order valence-electron chi connectivity index (χ1n) is 5.91. The fourth-order valence-corrected chi connectivity index (χ4v) is 2.50. The first kappa shape index (κ1) is 10.5. The van der Waals surface area contributed by atoms with E-state index in [1.165, 1.54) is 0 Å². The molecular weight excluding hydrogens is 218 g/mol. The van der Waals surface area contributed by atoms with Gasteiger partial charge < -0.3 is 10.1 Å². The van der Waals surface area contributed by atoms with Gasteiger partial charge in [0.25, 0.3) is 0 Å². The Balaban J connectivity index is 1.76. The molecule has 5 heteroatoms. The number of nitrogens with one attached hydrogen (secondary N) is 1. The van der Waals surface area contributed by atoms with Crippen LogP contribution in [0.3, 0.4) is 0 Å². The fourth-order valence-electron chi connectivity index (χ4n) is 2.50. The molecule has 2 unspecified atom stereocenters. The van der Waals surface area contributed by atoms with Gasteiger partial charge in [-0.15, -0.1) is 0 Å². The van der Waals surface area contributed by atoms with Crippen LogP contribution in [-0.4, -0.2) is 41.2 Å². The molecule has 0 saturated carbocycles. The highest BCUT2D eigenvalue weighted by Gasteiger charge is 2.42. The van der Waals surface area contributed by atoms with Gasteiger partial charge in [0.1, 0.15) is 6.10 Å². The zero-order valence-corrected chi connectivity index (χ0v) is 9.50. The van der Waals surface area contributed by atoms with Crippen LogP contribution in [0.25, 0.3) is 0 Å². The predicted octanol–water partition coefficient (Wildman–Crippen LogP) is 0.764. The molecular formula is C12H15N3O2. The van der Waals surface area contributed by atoms with Crippen molar-refractivity contribution in [2.45, 2.75) is 25.1 Å². The molecule has 2 aliphatic rings. The average Bonchev–Trinajstić information content (AvgIpc) is 2.68. The molecule has 5 nitrogen and oxygen atoms in total. The van der Waals surface area contributed by atoms with Crippen LogP contribution in [0.15, 0.2) is 24.5 Å². The van der Waals surface area contributed by atoms with Crippen LogP contribution in [0.4, 0.5) is 4.79 Å². The van der Waals surface area contributed by atoms with E-state index in [9.17, 15) is 4.79 Å². The van der Waals surface area contributed by atoms with Crippen molar-refractivity contribution in [3.05, 3.63) is 30.1 Å². The van der Waals surface area contributed by atoms with Crippen LogP contribution in [0.2, 0.25) is 0 Å². The quantitative estimate of drug-likeness (QED) is 0.819. The Bertz CT molecular complexity index is 409. The standard InChI is InChI=1S/C12H15N3O2/c16-12-15(8-9-2-1-4-13-6-9)10-3-5-14-7-11(10)17-12/h1-2,4,6,10-11,14H,3,5,7-8H2. The van der Waals surface area contributed by atoms with Crippen molar-refractivity contribution in [3.8, 4) is 0 Å². The molecule has 2 aliphatic heterocycles. The molecule has 1 N–H and O–H groups in total. The smallest absolute Gasteiger partial charge is 0.410 e. The minimum absolute atomic E-state index is 0.00733. The number of carbonyl (C=O) groups is 1. The van der Waals surface area contributed by atoms with E-state index in [-0.39, 0.29) is 18.2 Å². The van der Waals surface area contributed by atoms with E-state index in [1.807, 2.05) is 17.0 Å². The maximum atomic E-state index is 11.8. The third kappa shape index (κ3) is 1.98. The number of carbonyl (C=O) groups excluding carboxylic acids is 1. The van der Waals surface area contributed by atoms with Crippen molar-refractivity contribution >= 4 is 6.09 Å². The first-order valence-corrected chi connectivity index (χ1v) is 5.91. The highest BCUT2D eigenvalue weighted by atomic mass is 16.6. The number of pyridine rings is 1.